The molecule has 4 nitrogen and oxygen atoms in total. The zero-order valence-corrected chi connectivity index (χ0v) is 10.3. The number of nitrogens with zero attached hydrogens (tertiary/aromatic N) is 1. The minimum Gasteiger partial charge on any atom is -0.508 e. The molecule has 0 saturated heterocycles. The van der Waals surface area contributed by atoms with Crippen LogP contribution in [0.5, 0.6) is 5.75 Å². The first-order chi connectivity index (χ1) is 8.06. The normalized spacial score (nSPS) is 10.2. The van der Waals surface area contributed by atoms with Crippen LogP contribution in [0.3, 0.4) is 0 Å². The van der Waals surface area contributed by atoms with E-state index in [4.69, 9.17) is 0 Å². The number of phenols is 1. The molecule has 1 aromatic carbocycles. The molecule has 0 aliphatic carbocycles. The Morgan fingerprint density at radius 2 is 2.18 bits per heavy atom. The van der Waals surface area contributed by atoms with Gasteiger partial charge in [-0.25, -0.2) is 4.98 Å². The molecular weight excluding hydrogens is 236 g/mol. The molecule has 5 heteroatoms. The van der Waals surface area contributed by atoms with Crippen LogP contribution in [0, 0.1) is 13.8 Å². The van der Waals surface area contributed by atoms with Gasteiger partial charge in [-0.1, -0.05) is 0 Å². The first-order valence-electron chi connectivity index (χ1n) is 5.09. The predicted molar refractivity (Wildman–Crippen MR) is 67.6 cm³/mol. The molecule has 0 unspecified atom stereocenters. The number of carbonyl (C=O) groups is 1. The van der Waals surface area contributed by atoms with E-state index in [1.54, 1.807) is 19.1 Å². The second kappa shape index (κ2) is 4.55. The van der Waals surface area contributed by atoms with Gasteiger partial charge in [0.2, 0.25) is 0 Å². The van der Waals surface area contributed by atoms with Gasteiger partial charge >= 0.3 is 0 Å². The molecule has 1 aromatic heterocycles. The number of hydrogen-bond donors (Lipinski definition) is 2. The number of thiazole rings is 1. The fourth-order valence-corrected chi connectivity index (χ4v) is 2.06. The number of hydrogen-bond acceptors (Lipinski definition) is 4. The SMILES string of the molecule is Cc1csc(NC(=O)c2ccc(O)c(C)c2)n1. The zero-order chi connectivity index (χ0) is 12.4. The largest absolute Gasteiger partial charge is 0.508 e. The molecule has 0 spiro atoms. The Morgan fingerprint density at radius 3 is 2.76 bits per heavy atom. The molecule has 1 amide bonds. The van der Waals surface area contributed by atoms with Crippen molar-refractivity contribution in [1.82, 2.24) is 4.98 Å². The maximum atomic E-state index is 11.9. The Balaban J connectivity index is 2.17. The summed E-state index contributed by atoms with van der Waals surface area (Å²) in [4.78, 5) is 16.0. The number of rotatable bonds is 2. The molecule has 0 fully saturated rings. The lowest BCUT2D eigenvalue weighted by Crippen LogP contribution is -2.11. The fraction of sp³-hybridized carbons (Fsp3) is 0.167. The Bertz CT molecular complexity index is 563. The Morgan fingerprint density at radius 1 is 1.41 bits per heavy atom. The van der Waals surface area contributed by atoms with Gasteiger partial charge in [-0.3, -0.25) is 10.1 Å². The number of aromatic hydroxyl groups is 1. The van der Waals surface area contributed by atoms with Gasteiger partial charge in [-0.05, 0) is 37.6 Å². The van der Waals surface area contributed by atoms with Crippen LogP contribution < -0.4 is 5.32 Å². The highest BCUT2D eigenvalue weighted by Gasteiger charge is 2.09. The van der Waals surface area contributed by atoms with E-state index >= 15 is 0 Å². The van der Waals surface area contributed by atoms with Crippen molar-refractivity contribution >= 4 is 22.4 Å². The Labute approximate surface area is 103 Å². The van der Waals surface area contributed by atoms with Crippen LogP contribution >= 0.6 is 11.3 Å². The summed E-state index contributed by atoms with van der Waals surface area (Å²) >= 11 is 1.39. The molecule has 2 rings (SSSR count). The Kier molecular flexibility index (Phi) is 3.10. The summed E-state index contributed by atoms with van der Waals surface area (Å²) in [6, 6.07) is 4.74. The number of benzene rings is 1. The summed E-state index contributed by atoms with van der Waals surface area (Å²) in [5, 5.41) is 14.5. The molecular formula is C12H12N2O2S. The highest BCUT2D eigenvalue weighted by Crippen LogP contribution is 2.19. The first-order valence-corrected chi connectivity index (χ1v) is 5.97. The van der Waals surface area contributed by atoms with E-state index in [0.29, 0.717) is 16.3 Å². The summed E-state index contributed by atoms with van der Waals surface area (Å²) in [5.41, 5.74) is 2.06. The lowest BCUT2D eigenvalue weighted by molar-refractivity contribution is 0.102. The van der Waals surface area contributed by atoms with Crippen LogP contribution in [0.2, 0.25) is 0 Å². The van der Waals surface area contributed by atoms with Crippen molar-refractivity contribution in [3.63, 3.8) is 0 Å². The van der Waals surface area contributed by atoms with E-state index in [9.17, 15) is 9.90 Å². The van der Waals surface area contributed by atoms with E-state index < -0.39 is 0 Å². The summed E-state index contributed by atoms with van der Waals surface area (Å²) in [7, 11) is 0. The van der Waals surface area contributed by atoms with Crippen molar-refractivity contribution in [1.29, 1.82) is 0 Å². The van der Waals surface area contributed by atoms with Crippen LogP contribution in [0.15, 0.2) is 23.6 Å². The fourth-order valence-electron chi connectivity index (χ4n) is 1.38. The molecule has 0 atom stereocenters. The summed E-state index contributed by atoms with van der Waals surface area (Å²) in [6.45, 7) is 3.62. The van der Waals surface area contributed by atoms with E-state index in [1.165, 1.54) is 17.4 Å². The number of amides is 1. The molecule has 0 aliphatic rings. The first kappa shape index (κ1) is 11.6. The van der Waals surface area contributed by atoms with Crippen molar-refractivity contribution < 1.29 is 9.90 Å². The molecule has 0 bridgehead atoms. The minimum atomic E-state index is -0.220. The number of anilines is 1. The maximum Gasteiger partial charge on any atom is 0.257 e. The van der Waals surface area contributed by atoms with Gasteiger partial charge < -0.3 is 5.11 Å². The average molecular weight is 248 g/mol. The number of aryl methyl sites for hydroxylation is 2. The molecule has 2 N–H and O–H groups in total. The summed E-state index contributed by atoms with van der Waals surface area (Å²) < 4.78 is 0. The highest BCUT2D eigenvalue weighted by atomic mass is 32.1. The van der Waals surface area contributed by atoms with E-state index in [0.717, 1.165) is 5.69 Å². The monoisotopic (exact) mass is 248 g/mol. The van der Waals surface area contributed by atoms with Crippen LogP contribution in [-0.2, 0) is 0 Å². The van der Waals surface area contributed by atoms with Gasteiger partial charge in [0.1, 0.15) is 5.75 Å². The topological polar surface area (TPSA) is 62.2 Å². The van der Waals surface area contributed by atoms with Crippen molar-refractivity contribution in [2.75, 3.05) is 5.32 Å². The smallest absolute Gasteiger partial charge is 0.257 e. The molecule has 17 heavy (non-hydrogen) atoms. The van der Waals surface area contributed by atoms with E-state index in [2.05, 4.69) is 10.3 Å². The minimum absolute atomic E-state index is 0.187. The number of nitrogens with one attached hydrogen (secondary N) is 1. The van der Waals surface area contributed by atoms with Crippen molar-refractivity contribution in [2.45, 2.75) is 13.8 Å². The molecule has 88 valence electrons. The van der Waals surface area contributed by atoms with Crippen molar-refractivity contribution in [3.05, 3.63) is 40.4 Å². The summed E-state index contributed by atoms with van der Waals surface area (Å²) in [5.74, 6) is -0.0332. The third kappa shape index (κ3) is 2.62. The van der Waals surface area contributed by atoms with Crippen LogP contribution in [0.1, 0.15) is 21.6 Å². The van der Waals surface area contributed by atoms with Crippen LogP contribution in [-0.4, -0.2) is 16.0 Å². The lowest BCUT2D eigenvalue weighted by atomic mass is 10.1. The second-order valence-electron chi connectivity index (χ2n) is 3.75. The maximum absolute atomic E-state index is 11.9. The highest BCUT2D eigenvalue weighted by molar-refractivity contribution is 7.13. The second-order valence-corrected chi connectivity index (χ2v) is 4.61. The molecule has 1 heterocycles. The number of carbonyl (C=O) groups excluding carboxylic acids is 1. The van der Waals surface area contributed by atoms with Gasteiger partial charge in [0.25, 0.3) is 5.91 Å². The van der Waals surface area contributed by atoms with E-state index in [-0.39, 0.29) is 11.7 Å². The molecule has 0 radical (unpaired) electrons. The number of aromatic nitrogens is 1. The standard InChI is InChI=1S/C12H12N2O2S/c1-7-5-9(3-4-10(7)15)11(16)14-12-13-8(2)6-17-12/h3-6,15H,1-2H3,(H,13,14,16). The van der Waals surface area contributed by atoms with Gasteiger partial charge in [-0.2, -0.15) is 0 Å². The molecule has 2 aromatic rings. The van der Waals surface area contributed by atoms with Gasteiger partial charge in [0, 0.05) is 10.9 Å². The Hall–Kier alpha value is -1.88. The lowest BCUT2D eigenvalue weighted by Gasteiger charge is -2.04. The van der Waals surface area contributed by atoms with Crippen LogP contribution in [0.25, 0.3) is 0 Å². The zero-order valence-electron chi connectivity index (χ0n) is 9.52. The third-order valence-corrected chi connectivity index (χ3v) is 3.17. The summed E-state index contributed by atoms with van der Waals surface area (Å²) in [6.07, 6.45) is 0. The average Bonchev–Trinajstić information content (AvgIpc) is 2.68. The quantitative estimate of drug-likeness (QED) is 0.859. The third-order valence-electron chi connectivity index (χ3n) is 2.30. The van der Waals surface area contributed by atoms with Crippen LogP contribution in [0.4, 0.5) is 5.13 Å². The molecule has 0 aliphatic heterocycles. The van der Waals surface area contributed by atoms with Gasteiger partial charge in [0.05, 0.1) is 5.69 Å². The van der Waals surface area contributed by atoms with Crippen molar-refractivity contribution in [2.24, 2.45) is 0 Å². The van der Waals surface area contributed by atoms with Gasteiger partial charge in [-0.15, -0.1) is 11.3 Å². The number of phenolic OH excluding ortho intramolecular Hbond substituents is 1. The predicted octanol–water partition coefficient (Wildman–Crippen LogP) is 2.72. The van der Waals surface area contributed by atoms with Gasteiger partial charge in [0.15, 0.2) is 5.13 Å². The van der Waals surface area contributed by atoms with E-state index in [1.807, 2.05) is 12.3 Å². The molecule has 0 saturated carbocycles. The van der Waals surface area contributed by atoms with Crippen molar-refractivity contribution in [3.8, 4) is 5.75 Å².